The molecule has 1 aromatic rings. The normalized spacial score (nSPS) is 13.6. The lowest BCUT2D eigenvalue weighted by atomic mass is 10.1. The number of carbonyl (C=O) groups excluding carboxylic acids is 1. The summed E-state index contributed by atoms with van der Waals surface area (Å²) in [5.41, 5.74) is 0.946. The number of benzene rings is 1. The topological polar surface area (TPSA) is 54.0 Å². The molecule has 0 bridgehead atoms. The molecule has 1 aliphatic rings. The number of rotatable bonds is 4. The van der Waals surface area contributed by atoms with E-state index in [9.17, 15) is 4.79 Å². The third-order valence-electron chi connectivity index (χ3n) is 3.03. The number of ether oxygens (including phenoxy) is 4. The van der Waals surface area contributed by atoms with Gasteiger partial charge in [-0.1, -0.05) is 11.8 Å². The smallest absolute Gasteiger partial charge is 0.348 e. The van der Waals surface area contributed by atoms with Crippen LogP contribution in [0.15, 0.2) is 27.7 Å². The highest BCUT2D eigenvalue weighted by Gasteiger charge is 2.28. The lowest BCUT2D eigenvalue weighted by molar-refractivity contribution is -0.135. The van der Waals surface area contributed by atoms with Crippen LogP contribution in [-0.4, -0.2) is 34.4 Å². The van der Waals surface area contributed by atoms with E-state index in [2.05, 4.69) is 0 Å². The molecular formula is C14H16O5S. The van der Waals surface area contributed by atoms with Crippen LogP contribution in [-0.2, 0) is 20.7 Å². The number of esters is 1. The van der Waals surface area contributed by atoms with Crippen LogP contribution >= 0.6 is 11.8 Å². The minimum absolute atomic E-state index is 0.396. The second-order valence-corrected chi connectivity index (χ2v) is 5.06. The highest BCUT2D eigenvalue weighted by atomic mass is 32.2. The Hall–Kier alpha value is -1.82. The third-order valence-corrected chi connectivity index (χ3v) is 4.23. The van der Waals surface area contributed by atoms with Gasteiger partial charge in [0.2, 0.25) is 0 Å². The molecule has 1 aromatic carbocycles. The number of methoxy groups -OCH3 is 4. The maximum Gasteiger partial charge on any atom is 0.348 e. The SMILES string of the molecule is COC(=O)C1=C(OC)Cc2c(ccc(OC)c2OC)S1. The number of allylic oxidation sites excluding steroid dienone is 1. The number of hydrogen-bond donors (Lipinski definition) is 0. The van der Waals surface area contributed by atoms with Crippen LogP contribution in [0.2, 0.25) is 0 Å². The van der Waals surface area contributed by atoms with Gasteiger partial charge in [-0.15, -0.1) is 0 Å². The predicted molar refractivity (Wildman–Crippen MR) is 75.2 cm³/mol. The van der Waals surface area contributed by atoms with Gasteiger partial charge >= 0.3 is 5.97 Å². The molecule has 108 valence electrons. The van der Waals surface area contributed by atoms with Crippen LogP contribution in [0, 0.1) is 0 Å². The molecule has 0 amide bonds. The van der Waals surface area contributed by atoms with Gasteiger partial charge in [-0.05, 0) is 12.1 Å². The van der Waals surface area contributed by atoms with Gasteiger partial charge in [-0.25, -0.2) is 4.79 Å². The van der Waals surface area contributed by atoms with Crippen molar-refractivity contribution < 1.29 is 23.7 Å². The van der Waals surface area contributed by atoms with Crippen molar-refractivity contribution in [3.8, 4) is 11.5 Å². The van der Waals surface area contributed by atoms with E-state index in [0.29, 0.717) is 28.6 Å². The van der Waals surface area contributed by atoms with E-state index in [4.69, 9.17) is 18.9 Å². The fourth-order valence-corrected chi connectivity index (χ4v) is 3.14. The first kappa shape index (κ1) is 14.6. The summed E-state index contributed by atoms with van der Waals surface area (Å²) >= 11 is 1.32. The van der Waals surface area contributed by atoms with Gasteiger partial charge in [0.15, 0.2) is 11.5 Å². The van der Waals surface area contributed by atoms with E-state index in [1.807, 2.05) is 12.1 Å². The maximum absolute atomic E-state index is 11.8. The Morgan fingerprint density at radius 2 is 1.85 bits per heavy atom. The quantitative estimate of drug-likeness (QED) is 0.795. The Kier molecular flexibility index (Phi) is 4.44. The molecule has 0 radical (unpaired) electrons. The Labute approximate surface area is 121 Å². The van der Waals surface area contributed by atoms with Gasteiger partial charge in [-0.2, -0.15) is 0 Å². The van der Waals surface area contributed by atoms with E-state index in [1.54, 1.807) is 14.2 Å². The molecule has 0 spiro atoms. The largest absolute Gasteiger partial charge is 0.499 e. The molecule has 0 aliphatic carbocycles. The third kappa shape index (κ3) is 2.43. The number of carbonyl (C=O) groups is 1. The number of fused-ring (bicyclic) bond motifs is 1. The molecule has 0 saturated carbocycles. The van der Waals surface area contributed by atoms with Crippen molar-refractivity contribution in [3.63, 3.8) is 0 Å². The number of hydrogen-bond acceptors (Lipinski definition) is 6. The summed E-state index contributed by atoms with van der Waals surface area (Å²) in [5.74, 6) is 1.49. The van der Waals surface area contributed by atoms with Gasteiger partial charge in [0.25, 0.3) is 0 Å². The van der Waals surface area contributed by atoms with Gasteiger partial charge in [0, 0.05) is 16.9 Å². The fourth-order valence-electron chi connectivity index (χ4n) is 2.06. The Morgan fingerprint density at radius 3 is 2.40 bits per heavy atom. The molecule has 20 heavy (non-hydrogen) atoms. The molecule has 5 nitrogen and oxygen atoms in total. The Balaban J connectivity index is 2.49. The van der Waals surface area contributed by atoms with Crippen molar-refractivity contribution in [1.82, 2.24) is 0 Å². The molecule has 0 saturated heterocycles. The summed E-state index contributed by atoms with van der Waals surface area (Å²) in [7, 11) is 6.08. The second kappa shape index (κ2) is 6.09. The summed E-state index contributed by atoms with van der Waals surface area (Å²) in [5, 5.41) is 0. The van der Waals surface area contributed by atoms with Gasteiger partial charge in [0.05, 0.1) is 28.4 Å². The van der Waals surface area contributed by atoms with Crippen molar-refractivity contribution >= 4 is 17.7 Å². The molecule has 0 N–H and O–H groups in total. The molecule has 0 fully saturated rings. The molecule has 2 rings (SSSR count). The first-order valence-electron chi connectivity index (χ1n) is 5.93. The van der Waals surface area contributed by atoms with Gasteiger partial charge in [-0.3, -0.25) is 0 Å². The minimum Gasteiger partial charge on any atom is -0.499 e. The molecular weight excluding hydrogens is 280 g/mol. The predicted octanol–water partition coefficient (Wildman–Crippen LogP) is 2.38. The van der Waals surface area contributed by atoms with Crippen LogP contribution in [0.25, 0.3) is 0 Å². The lowest BCUT2D eigenvalue weighted by Crippen LogP contribution is -2.13. The Morgan fingerprint density at radius 1 is 1.10 bits per heavy atom. The van der Waals surface area contributed by atoms with Crippen LogP contribution in [0.3, 0.4) is 0 Å². The van der Waals surface area contributed by atoms with E-state index >= 15 is 0 Å². The average Bonchev–Trinajstić information content (AvgIpc) is 2.51. The molecule has 1 heterocycles. The zero-order valence-electron chi connectivity index (χ0n) is 11.8. The molecule has 1 aliphatic heterocycles. The zero-order chi connectivity index (χ0) is 14.7. The lowest BCUT2D eigenvalue weighted by Gasteiger charge is -2.23. The molecule has 0 aromatic heterocycles. The van der Waals surface area contributed by atoms with Crippen molar-refractivity contribution in [2.24, 2.45) is 0 Å². The van der Waals surface area contributed by atoms with Crippen LogP contribution in [0.1, 0.15) is 5.56 Å². The van der Waals surface area contributed by atoms with E-state index in [-0.39, 0.29) is 0 Å². The summed E-state index contributed by atoms with van der Waals surface area (Å²) in [6.07, 6.45) is 0.462. The monoisotopic (exact) mass is 296 g/mol. The van der Waals surface area contributed by atoms with Gasteiger partial charge < -0.3 is 18.9 Å². The van der Waals surface area contributed by atoms with Crippen LogP contribution in [0.4, 0.5) is 0 Å². The van der Waals surface area contributed by atoms with Crippen molar-refractivity contribution in [2.75, 3.05) is 28.4 Å². The van der Waals surface area contributed by atoms with Crippen LogP contribution < -0.4 is 9.47 Å². The zero-order valence-corrected chi connectivity index (χ0v) is 12.6. The highest BCUT2D eigenvalue weighted by molar-refractivity contribution is 8.04. The highest BCUT2D eigenvalue weighted by Crippen LogP contribution is 2.46. The summed E-state index contributed by atoms with van der Waals surface area (Å²) in [6.45, 7) is 0. The molecule has 6 heteroatoms. The first-order valence-corrected chi connectivity index (χ1v) is 6.75. The minimum atomic E-state index is -0.396. The second-order valence-electron chi connectivity index (χ2n) is 4.00. The van der Waals surface area contributed by atoms with Crippen molar-refractivity contribution in [3.05, 3.63) is 28.4 Å². The molecule has 0 unspecified atom stereocenters. The first-order chi connectivity index (χ1) is 9.65. The van der Waals surface area contributed by atoms with Crippen molar-refractivity contribution in [1.29, 1.82) is 0 Å². The van der Waals surface area contributed by atoms with Gasteiger partial charge in [0.1, 0.15) is 10.7 Å². The van der Waals surface area contributed by atoms with E-state index in [1.165, 1.54) is 26.0 Å². The fraction of sp³-hybridized carbons (Fsp3) is 0.357. The van der Waals surface area contributed by atoms with E-state index < -0.39 is 5.97 Å². The molecule has 0 atom stereocenters. The summed E-state index contributed by atoms with van der Waals surface area (Å²) in [4.78, 5) is 13.2. The standard InChI is InChI=1S/C14H16O5S/c1-16-9-5-6-11-8(12(9)18-3)7-10(17-2)13(20-11)14(15)19-4/h5-6H,7H2,1-4H3. The number of thioether (sulfide) groups is 1. The average molecular weight is 296 g/mol. The summed E-state index contributed by atoms with van der Waals surface area (Å²) in [6, 6.07) is 3.72. The Bertz CT molecular complexity index is 565. The maximum atomic E-state index is 11.8. The summed E-state index contributed by atoms with van der Waals surface area (Å²) < 4.78 is 20.8. The van der Waals surface area contributed by atoms with Crippen LogP contribution in [0.5, 0.6) is 11.5 Å². The van der Waals surface area contributed by atoms with E-state index in [0.717, 1.165) is 10.5 Å². The van der Waals surface area contributed by atoms with Crippen molar-refractivity contribution in [2.45, 2.75) is 11.3 Å².